The monoisotopic (exact) mass is 206 g/mol. The molecule has 2 aliphatic heterocycles. The minimum absolute atomic E-state index is 0.145. The van der Waals surface area contributed by atoms with Gasteiger partial charge < -0.3 is 4.74 Å². The lowest BCUT2D eigenvalue weighted by atomic mass is 9.88. The van der Waals surface area contributed by atoms with Gasteiger partial charge in [0.15, 0.2) is 0 Å². The minimum atomic E-state index is -0.145. The second kappa shape index (κ2) is 3.60. The number of hydrogen-bond donors (Lipinski definition) is 0. The Morgan fingerprint density at radius 3 is 2.20 bits per heavy atom. The summed E-state index contributed by atoms with van der Waals surface area (Å²) in [6, 6.07) is 6.97. The van der Waals surface area contributed by atoms with Crippen molar-refractivity contribution in [3.05, 3.63) is 35.6 Å². The van der Waals surface area contributed by atoms with Crippen LogP contribution >= 0.6 is 0 Å². The summed E-state index contributed by atoms with van der Waals surface area (Å²) in [6.45, 7) is 0. The van der Waals surface area contributed by atoms with Gasteiger partial charge in [-0.1, -0.05) is 12.1 Å². The molecule has 0 spiro atoms. The highest BCUT2D eigenvalue weighted by molar-refractivity contribution is 5.21. The van der Waals surface area contributed by atoms with Crippen molar-refractivity contribution in [3.8, 4) is 0 Å². The predicted octanol–water partition coefficient (Wildman–Crippen LogP) is 3.25. The van der Waals surface area contributed by atoms with Gasteiger partial charge >= 0.3 is 0 Å². The molecule has 0 aromatic heterocycles. The third-order valence-corrected chi connectivity index (χ3v) is 3.63. The van der Waals surface area contributed by atoms with Crippen molar-refractivity contribution in [1.82, 2.24) is 0 Å². The van der Waals surface area contributed by atoms with E-state index in [0.29, 0.717) is 18.1 Å². The summed E-state index contributed by atoms with van der Waals surface area (Å²) in [7, 11) is 0. The Labute approximate surface area is 89.3 Å². The highest BCUT2D eigenvalue weighted by Gasteiger charge is 2.35. The number of halogens is 1. The van der Waals surface area contributed by atoms with Crippen molar-refractivity contribution in [2.24, 2.45) is 0 Å². The van der Waals surface area contributed by atoms with E-state index in [1.165, 1.54) is 18.4 Å². The van der Waals surface area contributed by atoms with Gasteiger partial charge in [0.2, 0.25) is 0 Å². The SMILES string of the molecule is Fc1ccc(C2CC3CCC(C2)O3)cc1. The van der Waals surface area contributed by atoms with Crippen molar-refractivity contribution < 1.29 is 9.13 Å². The van der Waals surface area contributed by atoms with Gasteiger partial charge in [0, 0.05) is 0 Å². The maximum atomic E-state index is 12.8. The van der Waals surface area contributed by atoms with Gasteiger partial charge in [-0.15, -0.1) is 0 Å². The molecule has 2 aliphatic rings. The van der Waals surface area contributed by atoms with Crippen LogP contribution in [0.15, 0.2) is 24.3 Å². The van der Waals surface area contributed by atoms with Gasteiger partial charge in [-0.05, 0) is 49.3 Å². The third kappa shape index (κ3) is 1.78. The first-order chi connectivity index (χ1) is 7.31. The molecule has 1 nitrogen and oxygen atoms in total. The molecular weight excluding hydrogens is 191 g/mol. The number of hydrogen-bond acceptors (Lipinski definition) is 1. The zero-order valence-corrected chi connectivity index (χ0v) is 8.66. The van der Waals surface area contributed by atoms with Crippen LogP contribution in [0.4, 0.5) is 4.39 Å². The molecule has 3 rings (SSSR count). The van der Waals surface area contributed by atoms with E-state index < -0.39 is 0 Å². The molecule has 2 unspecified atom stereocenters. The summed E-state index contributed by atoms with van der Waals surface area (Å²) in [5.74, 6) is 0.436. The molecule has 2 saturated heterocycles. The second-order valence-electron chi connectivity index (χ2n) is 4.68. The summed E-state index contributed by atoms with van der Waals surface area (Å²) >= 11 is 0. The molecular formula is C13H15FO. The molecule has 15 heavy (non-hydrogen) atoms. The van der Waals surface area contributed by atoms with Crippen molar-refractivity contribution in [1.29, 1.82) is 0 Å². The Hall–Kier alpha value is -0.890. The number of fused-ring (bicyclic) bond motifs is 2. The third-order valence-electron chi connectivity index (χ3n) is 3.63. The molecule has 0 aliphatic carbocycles. The van der Waals surface area contributed by atoms with Gasteiger partial charge in [-0.3, -0.25) is 0 Å². The summed E-state index contributed by atoms with van der Waals surface area (Å²) in [6.07, 6.45) is 5.56. The Kier molecular flexibility index (Phi) is 2.24. The van der Waals surface area contributed by atoms with Crippen LogP contribution in [0.25, 0.3) is 0 Å². The first kappa shape index (κ1) is 9.34. The molecule has 0 N–H and O–H groups in total. The van der Waals surface area contributed by atoms with Crippen LogP contribution in [-0.2, 0) is 4.74 Å². The Bertz CT molecular complexity index is 334. The van der Waals surface area contributed by atoms with Gasteiger partial charge in [0.05, 0.1) is 12.2 Å². The van der Waals surface area contributed by atoms with E-state index in [1.807, 2.05) is 12.1 Å². The topological polar surface area (TPSA) is 9.23 Å². The first-order valence-electron chi connectivity index (χ1n) is 5.72. The van der Waals surface area contributed by atoms with Crippen LogP contribution in [0, 0.1) is 5.82 Å². The van der Waals surface area contributed by atoms with E-state index in [9.17, 15) is 4.39 Å². The van der Waals surface area contributed by atoms with E-state index in [0.717, 1.165) is 12.8 Å². The largest absolute Gasteiger partial charge is 0.375 e. The molecule has 2 heterocycles. The molecule has 0 saturated carbocycles. The molecule has 1 aromatic carbocycles. The summed E-state index contributed by atoms with van der Waals surface area (Å²) in [5, 5.41) is 0. The van der Waals surface area contributed by atoms with E-state index in [2.05, 4.69) is 0 Å². The summed E-state index contributed by atoms with van der Waals surface area (Å²) < 4.78 is 18.6. The smallest absolute Gasteiger partial charge is 0.123 e. The van der Waals surface area contributed by atoms with Gasteiger partial charge in [0.1, 0.15) is 5.82 Å². The predicted molar refractivity (Wildman–Crippen MR) is 56.3 cm³/mol. The summed E-state index contributed by atoms with van der Waals surface area (Å²) in [5.41, 5.74) is 1.27. The quantitative estimate of drug-likeness (QED) is 0.685. The molecule has 80 valence electrons. The van der Waals surface area contributed by atoms with Crippen LogP contribution in [0.1, 0.15) is 37.2 Å². The Balaban J connectivity index is 1.80. The van der Waals surface area contributed by atoms with E-state index in [1.54, 1.807) is 12.1 Å². The lowest BCUT2D eigenvalue weighted by Gasteiger charge is -2.28. The van der Waals surface area contributed by atoms with Crippen molar-refractivity contribution >= 4 is 0 Å². The standard InChI is InChI=1S/C13H15FO/c14-11-3-1-9(2-4-11)10-7-12-5-6-13(8-10)15-12/h1-4,10,12-13H,5-8H2. The van der Waals surface area contributed by atoms with Crippen molar-refractivity contribution in [3.63, 3.8) is 0 Å². The van der Waals surface area contributed by atoms with Crippen LogP contribution in [0.3, 0.4) is 0 Å². The fourth-order valence-corrected chi connectivity index (χ4v) is 2.86. The number of rotatable bonds is 1. The molecule has 2 fully saturated rings. The fraction of sp³-hybridized carbons (Fsp3) is 0.538. The van der Waals surface area contributed by atoms with Crippen LogP contribution in [0.5, 0.6) is 0 Å². The molecule has 1 aromatic rings. The van der Waals surface area contributed by atoms with Crippen LogP contribution in [0.2, 0.25) is 0 Å². The fourth-order valence-electron chi connectivity index (χ4n) is 2.86. The van der Waals surface area contributed by atoms with Crippen molar-refractivity contribution in [2.45, 2.75) is 43.8 Å². The van der Waals surface area contributed by atoms with Crippen LogP contribution < -0.4 is 0 Å². The Morgan fingerprint density at radius 1 is 1.00 bits per heavy atom. The van der Waals surface area contributed by atoms with E-state index >= 15 is 0 Å². The van der Waals surface area contributed by atoms with E-state index in [4.69, 9.17) is 4.74 Å². The Morgan fingerprint density at radius 2 is 1.60 bits per heavy atom. The van der Waals surface area contributed by atoms with Gasteiger partial charge in [-0.25, -0.2) is 4.39 Å². The van der Waals surface area contributed by atoms with Crippen molar-refractivity contribution in [2.75, 3.05) is 0 Å². The highest BCUT2D eigenvalue weighted by Crippen LogP contribution is 2.40. The first-order valence-corrected chi connectivity index (χ1v) is 5.72. The number of benzene rings is 1. The average molecular weight is 206 g/mol. The van der Waals surface area contributed by atoms with E-state index in [-0.39, 0.29) is 5.82 Å². The molecule has 0 amide bonds. The molecule has 2 bridgehead atoms. The van der Waals surface area contributed by atoms with Crippen LogP contribution in [-0.4, -0.2) is 12.2 Å². The lowest BCUT2D eigenvalue weighted by molar-refractivity contribution is -0.00380. The zero-order valence-electron chi connectivity index (χ0n) is 8.66. The second-order valence-corrected chi connectivity index (χ2v) is 4.68. The lowest BCUT2D eigenvalue weighted by Crippen LogP contribution is -2.23. The molecule has 0 radical (unpaired) electrons. The maximum absolute atomic E-state index is 12.8. The maximum Gasteiger partial charge on any atom is 0.123 e. The summed E-state index contributed by atoms with van der Waals surface area (Å²) in [4.78, 5) is 0. The minimum Gasteiger partial charge on any atom is -0.375 e. The van der Waals surface area contributed by atoms with Gasteiger partial charge in [-0.2, -0.15) is 0 Å². The zero-order chi connectivity index (χ0) is 10.3. The molecule has 2 atom stereocenters. The van der Waals surface area contributed by atoms with Gasteiger partial charge in [0.25, 0.3) is 0 Å². The molecule has 2 heteroatoms. The number of ether oxygens (including phenoxy) is 1. The normalized spacial score (nSPS) is 34.3. The average Bonchev–Trinajstić information content (AvgIpc) is 2.59. The highest BCUT2D eigenvalue weighted by atomic mass is 19.1.